The van der Waals surface area contributed by atoms with Crippen molar-refractivity contribution in [3.05, 3.63) is 89.9 Å². The molecule has 0 fully saturated rings. The van der Waals surface area contributed by atoms with E-state index in [1.54, 1.807) is 0 Å². The SMILES string of the molecule is Cc1nn(-c2ccccc2)c(C)c1NC(=O)CCc1ccc(-c2ccccc2)o1. The van der Waals surface area contributed by atoms with Gasteiger partial charge in [0.1, 0.15) is 11.5 Å². The first kappa shape index (κ1) is 18.7. The number of aryl methyl sites for hydroxylation is 2. The number of carbonyl (C=O) groups excluding carboxylic acids is 1. The Bertz CT molecular complexity index is 1110. The molecule has 2 heterocycles. The first-order valence-electron chi connectivity index (χ1n) is 9.67. The fourth-order valence-electron chi connectivity index (χ4n) is 3.35. The molecule has 0 aliphatic rings. The normalized spacial score (nSPS) is 10.8. The second-order valence-corrected chi connectivity index (χ2v) is 6.97. The standard InChI is InChI=1S/C24H23N3O2/c1-17-24(18(2)27(26-17)20-11-7-4-8-12-20)25-23(28)16-14-21-13-15-22(29-21)19-9-5-3-6-10-19/h3-13,15H,14,16H2,1-2H3,(H,25,28). The topological polar surface area (TPSA) is 60.1 Å². The zero-order valence-corrected chi connectivity index (χ0v) is 16.6. The van der Waals surface area contributed by atoms with Crippen LogP contribution >= 0.6 is 0 Å². The lowest BCUT2D eigenvalue weighted by atomic mass is 10.2. The van der Waals surface area contributed by atoms with Crippen LogP contribution in [0.5, 0.6) is 0 Å². The van der Waals surface area contributed by atoms with Gasteiger partial charge in [-0.2, -0.15) is 5.10 Å². The molecule has 1 N–H and O–H groups in total. The van der Waals surface area contributed by atoms with Crippen molar-refractivity contribution < 1.29 is 9.21 Å². The van der Waals surface area contributed by atoms with Crippen LogP contribution < -0.4 is 5.32 Å². The van der Waals surface area contributed by atoms with Crippen LogP contribution in [-0.2, 0) is 11.2 Å². The summed E-state index contributed by atoms with van der Waals surface area (Å²) in [6, 6.07) is 23.7. The molecule has 4 aromatic rings. The average molecular weight is 385 g/mol. The van der Waals surface area contributed by atoms with E-state index in [1.165, 1.54) is 0 Å². The minimum absolute atomic E-state index is 0.0542. The van der Waals surface area contributed by atoms with E-state index in [9.17, 15) is 4.79 Å². The Hall–Kier alpha value is -3.60. The van der Waals surface area contributed by atoms with Crippen LogP contribution in [0, 0.1) is 13.8 Å². The lowest BCUT2D eigenvalue weighted by Crippen LogP contribution is -2.13. The number of hydrogen-bond acceptors (Lipinski definition) is 3. The lowest BCUT2D eigenvalue weighted by Gasteiger charge is -2.07. The Morgan fingerprint density at radius 1 is 0.966 bits per heavy atom. The highest BCUT2D eigenvalue weighted by Crippen LogP contribution is 2.24. The van der Waals surface area contributed by atoms with Crippen molar-refractivity contribution in [2.24, 2.45) is 0 Å². The molecule has 5 heteroatoms. The van der Waals surface area contributed by atoms with E-state index in [0.29, 0.717) is 12.8 Å². The minimum atomic E-state index is -0.0542. The molecule has 0 atom stereocenters. The summed E-state index contributed by atoms with van der Waals surface area (Å²) < 4.78 is 7.73. The fraction of sp³-hybridized carbons (Fsp3) is 0.167. The number of nitrogens with zero attached hydrogens (tertiary/aromatic N) is 2. The molecule has 1 amide bonds. The highest BCUT2D eigenvalue weighted by molar-refractivity contribution is 5.92. The molecule has 0 saturated carbocycles. The fourth-order valence-corrected chi connectivity index (χ4v) is 3.35. The number of para-hydroxylation sites is 1. The third kappa shape index (κ3) is 4.14. The summed E-state index contributed by atoms with van der Waals surface area (Å²) in [7, 11) is 0. The first-order valence-corrected chi connectivity index (χ1v) is 9.67. The maximum atomic E-state index is 12.5. The molecule has 0 radical (unpaired) electrons. The van der Waals surface area contributed by atoms with Crippen molar-refractivity contribution in [3.63, 3.8) is 0 Å². The molecule has 146 valence electrons. The minimum Gasteiger partial charge on any atom is -0.461 e. The Morgan fingerprint density at radius 3 is 2.38 bits per heavy atom. The molecule has 2 aromatic carbocycles. The van der Waals surface area contributed by atoms with Crippen molar-refractivity contribution in [3.8, 4) is 17.0 Å². The Balaban J connectivity index is 1.41. The van der Waals surface area contributed by atoms with Crippen LogP contribution in [0.15, 0.2) is 77.2 Å². The average Bonchev–Trinajstić information content (AvgIpc) is 3.34. The summed E-state index contributed by atoms with van der Waals surface area (Å²) in [4.78, 5) is 12.5. The van der Waals surface area contributed by atoms with Crippen LogP contribution in [0.2, 0.25) is 0 Å². The third-order valence-corrected chi connectivity index (χ3v) is 4.87. The number of hydrogen-bond donors (Lipinski definition) is 1. The summed E-state index contributed by atoms with van der Waals surface area (Å²) in [6.45, 7) is 3.86. The first-order chi connectivity index (χ1) is 14.1. The molecule has 0 aliphatic heterocycles. The molecular weight excluding hydrogens is 362 g/mol. The van der Waals surface area contributed by atoms with Crippen LogP contribution in [0.3, 0.4) is 0 Å². The number of furan rings is 1. The Morgan fingerprint density at radius 2 is 1.66 bits per heavy atom. The largest absolute Gasteiger partial charge is 0.461 e. The molecule has 0 spiro atoms. The molecule has 0 unspecified atom stereocenters. The molecule has 29 heavy (non-hydrogen) atoms. The van der Waals surface area contributed by atoms with E-state index in [4.69, 9.17) is 4.42 Å². The molecule has 5 nitrogen and oxygen atoms in total. The zero-order chi connectivity index (χ0) is 20.2. The monoisotopic (exact) mass is 385 g/mol. The van der Waals surface area contributed by atoms with Gasteiger partial charge in [0.05, 0.1) is 22.8 Å². The van der Waals surface area contributed by atoms with Crippen LogP contribution in [-0.4, -0.2) is 15.7 Å². The second-order valence-electron chi connectivity index (χ2n) is 6.97. The Labute approximate surface area is 170 Å². The quantitative estimate of drug-likeness (QED) is 0.489. The number of benzene rings is 2. The van der Waals surface area contributed by atoms with Crippen molar-refractivity contribution in [1.82, 2.24) is 9.78 Å². The predicted octanol–water partition coefficient (Wildman–Crippen LogP) is 5.32. The van der Waals surface area contributed by atoms with E-state index in [1.807, 2.05) is 91.3 Å². The number of nitrogens with one attached hydrogen (secondary N) is 1. The summed E-state index contributed by atoms with van der Waals surface area (Å²) >= 11 is 0. The van der Waals surface area contributed by atoms with Gasteiger partial charge in [-0.15, -0.1) is 0 Å². The smallest absolute Gasteiger partial charge is 0.224 e. The maximum Gasteiger partial charge on any atom is 0.224 e. The van der Waals surface area contributed by atoms with Crippen LogP contribution in [0.25, 0.3) is 17.0 Å². The van der Waals surface area contributed by atoms with Gasteiger partial charge in [0, 0.05) is 18.4 Å². The molecule has 0 saturated heterocycles. The van der Waals surface area contributed by atoms with E-state index in [2.05, 4.69) is 10.4 Å². The van der Waals surface area contributed by atoms with Gasteiger partial charge in [-0.3, -0.25) is 4.79 Å². The second kappa shape index (κ2) is 8.19. The van der Waals surface area contributed by atoms with Crippen molar-refractivity contribution >= 4 is 11.6 Å². The van der Waals surface area contributed by atoms with Gasteiger partial charge in [0.25, 0.3) is 0 Å². The van der Waals surface area contributed by atoms with Crippen LogP contribution in [0.1, 0.15) is 23.6 Å². The predicted molar refractivity (Wildman–Crippen MR) is 114 cm³/mol. The van der Waals surface area contributed by atoms with Gasteiger partial charge < -0.3 is 9.73 Å². The van der Waals surface area contributed by atoms with Gasteiger partial charge in [-0.05, 0) is 38.1 Å². The summed E-state index contributed by atoms with van der Waals surface area (Å²) in [5.74, 6) is 1.56. The molecule has 0 bridgehead atoms. The summed E-state index contributed by atoms with van der Waals surface area (Å²) in [6.07, 6.45) is 0.890. The number of amides is 1. The number of anilines is 1. The van der Waals surface area contributed by atoms with Gasteiger partial charge in [0.15, 0.2) is 0 Å². The lowest BCUT2D eigenvalue weighted by molar-refractivity contribution is -0.116. The molecular formula is C24H23N3O2. The number of aromatic nitrogens is 2. The number of rotatable bonds is 6. The highest BCUT2D eigenvalue weighted by Gasteiger charge is 2.15. The van der Waals surface area contributed by atoms with E-state index in [0.717, 1.165) is 39.8 Å². The highest BCUT2D eigenvalue weighted by atomic mass is 16.3. The van der Waals surface area contributed by atoms with Crippen molar-refractivity contribution in [2.75, 3.05) is 5.32 Å². The maximum absolute atomic E-state index is 12.5. The molecule has 2 aromatic heterocycles. The van der Waals surface area contributed by atoms with E-state index < -0.39 is 0 Å². The number of carbonyl (C=O) groups is 1. The van der Waals surface area contributed by atoms with Gasteiger partial charge >= 0.3 is 0 Å². The van der Waals surface area contributed by atoms with Crippen LogP contribution in [0.4, 0.5) is 5.69 Å². The Kier molecular flexibility index (Phi) is 5.29. The van der Waals surface area contributed by atoms with Crippen molar-refractivity contribution in [2.45, 2.75) is 26.7 Å². The van der Waals surface area contributed by atoms with Gasteiger partial charge in [-0.25, -0.2) is 4.68 Å². The van der Waals surface area contributed by atoms with Crippen molar-refractivity contribution in [1.29, 1.82) is 0 Å². The summed E-state index contributed by atoms with van der Waals surface area (Å²) in [5.41, 5.74) is 4.47. The van der Waals surface area contributed by atoms with E-state index in [-0.39, 0.29) is 5.91 Å². The third-order valence-electron chi connectivity index (χ3n) is 4.87. The molecule has 4 rings (SSSR count). The van der Waals surface area contributed by atoms with E-state index >= 15 is 0 Å². The summed E-state index contributed by atoms with van der Waals surface area (Å²) in [5, 5.41) is 7.59. The zero-order valence-electron chi connectivity index (χ0n) is 16.6. The van der Waals surface area contributed by atoms with Gasteiger partial charge in [0.2, 0.25) is 5.91 Å². The van der Waals surface area contributed by atoms with Gasteiger partial charge in [-0.1, -0.05) is 48.5 Å². The molecule has 0 aliphatic carbocycles.